The molecule has 20 heavy (non-hydrogen) atoms. The summed E-state index contributed by atoms with van der Waals surface area (Å²) in [4.78, 5) is 22.7. The molecule has 0 aromatic heterocycles. The molecule has 1 aromatic carbocycles. The summed E-state index contributed by atoms with van der Waals surface area (Å²) in [6.07, 6.45) is 3.18. The van der Waals surface area contributed by atoms with Gasteiger partial charge in [0.2, 0.25) is 6.54 Å². The smallest absolute Gasteiger partial charge is 0.211 e. The lowest BCUT2D eigenvalue weighted by Gasteiger charge is -2.27. The van der Waals surface area contributed by atoms with E-state index in [2.05, 4.69) is 0 Å². The molecule has 108 valence electrons. The van der Waals surface area contributed by atoms with Gasteiger partial charge in [0.25, 0.3) is 0 Å². The number of ether oxygens (including phenoxy) is 1. The predicted octanol–water partition coefficient (Wildman–Crippen LogP) is 2.81. The van der Waals surface area contributed by atoms with E-state index >= 15 is 0 Å². The van der Waals surface area contributed by atoms with Crippen molar-refractivity contribution < 1.29 is 14.5 Å². The Morgan fingerprint density at radius 3 is 2.60 bits per heavy atom. The van der Waals surface area contributed by atoms with Crippen LogP contribution < -0.4 is 4.74 Å². The van der Waals surface area contributed by atoms with Crippen molar-refractivity contribution in [2.45, 2.75) is 31.6 Å². The van der Waals surface area contributed by atoms with E-state index in [9.17, 15) is 14.9 Å². The van der Waals surface area contributed by atoms with Gasteiger partial charge in [-0.25, -0.2) is 0 Å². The van der Waals surface area contributed by atoms with E-state index in [0.717, 1.165) is 24.8 Å². The van der Waals surface area contributed by atoms with E-state index in [-0.39, 0.29) is 29.1 Å². The van der Waals surface area contributed by atoms with E-state index in [4.69, 9.17) is 4.74 Å². The van der Waals surface area contributed by atoms with Crippen molar-refractivity contribution in [3.8, 4) is 5.75 Å². The van der Waals surface area contributed by atoms with Gasteiger partial charge in [0, 0.05) is 17.3 Å². The van der Waals surface area contributed by atoms with Crippen LogP contribution in [0.3, 0.4) is 0 Å². The van der Waals surface area contributed by atoms with Gasteiger partial charge in [0.15, 0.2) is 0 Å². The first kappa shape index (κ1) is 14.5. The van der Waals surface area contributed by atoms with Crippen LogP contribution in [0.2, 0.25) is 0 Å². The van der Waals surface area contributed by atoms with Crippen LogP contribution in [0.1, 0.15) is 37.2 Å². The van der Waals surface area contributed by atoms with Crippen molar-refractivity contribution in [2.75, 3.05) is 13.7 Å². The highest BCUT2D eigenvalue weighted by molar-refractivity contribution is 5.82. The predicted molar refractivity (Wildman–Crippen MR) is 74.6 cm³/mol. The van der Waals surface area contributed by atoms with Crippen molar-refractivity contribution >= 4 is 5.78 Å². The molecular formula is C15H19NO4. The number of nitrogens with zero attached hydrogens (tertiary/aromatic N) is 1. The van der Waals surface area contributed by atoms with Crippen LogP contribution in [0.15, 0.2) is 24.3 Å². The number of ketones is 1. The summed E-state index contributed by atoms with van der Waals surface area (Å²) in [7, 11) is 1.58. The number of carbonyl (C=O) groups excluding carboxylic acids is 1. The Balaban J connectivity index is 2.25. The number of hydrogen-bond donors (Lipinski definition) is 0. The van der Waals surface area contributed by atoms with Gasteiger partial charge in [-0.05, 0) is 30.5 Å². The minimum absolute atomic E-state index is 0.166. The zero-order valence-corrected chi connectivity index (χ0v) is 11.6. The third kappa shape index (κ3) is 3.35. The maximum absolute atomic E-state index is 12.1. The Kier molecular flexibility index (Phi) is 4.71. The van der Waals surface area contributed by atoms with Gasteiger partial charge in [-0.15, -0.1) is 0 Å². The molecule has 2 atom stereocenters. The minimum atomic E-state index is -0.330. The fourth-order valence-corrected chi connectivity index (χ4v) is 2.91. The molecule has 0 spiro atoms. The number of carbonyl (C=O) groups is 1. The quantitative estimate of drug-likeness (QED) is 0.613. The molecule has 1 aromatic rings. The number of methoxy groups -OCH3 is 1. The van der Waals surface area contributed by atoms with Crippen molar-refractivity contribution in [1.82, 2.24) is 0 Å². The molecular weight excluding hydrogens is 258 g/mol. The number of nitro groups is 1. The van der Waals surface area contributed by atoms with Gasteiger partial charge >= 0.3 is 0 Å². The fraction of sp³-hybridized carbons (Fsp3) is 0.533. The van der Waals surface area contributed by atoms with Crippen LogP contribution in [-0.4, -0.2) is 24.4 Å². The molecule has 0 N–H and O–H groups in total. The standard InChI is InChI=1S/C15H19NO4/c1-20-12-8-6-11(7-9-12)14(10-16(18)19)13-4-2-3-5-15(13)17/h6-9,13-14H,2-5,10H2,1H3. The first-order valence-electron chi connectivity index (χ1n) is 6.90. The summed E-state index contributed by atoms with van der Waals surface area (Å²) in [6.45, 7) is -0.192. The van der Waals surface area contributed by atoms with E-state index in [0.29, 0.717) is 12.2 Å². The minimum Gasteiger partial charge on any atom is -0.497 e. The summed E-state index contributed by atoms with van der Waals surface area (Å²) in [6, 6.07) is 7.23. The Bertz CT molecular complexity index is 483. The lowest BCUT2D eigenvalue weighted by atomic mass is 9.76. The van der Waals surface area contributed by atoms with Crippen LogP contribution in [0, 0.1) is 16.0 Å². The molecule has 0 bridgehead atoms. The highest BCUT2D eigenvalue weighted by Gasteiger charge is 2.34. The molecule has 1 aliphatic rings. The number of benzene rings is 1. The van der Waals surface area contributed by atoms with Crippen molar-refractivity contribution in [1.29, 1.82) is 0 Å². The van der Waals surface area contributed by atoms with Crippen molar-refractivity contribution in [3.63, 3.8) is 0 Å². The van der Waals surface area contributed by atoms with Crippen LogP contribution in [-0.2, 0) is 4.79 Å². The molecule has 0 radical (unpaired) electrons. The van der Waals surface area contributed by atoms with Crippen LogP contribution in [0.5, 0.6) is 5.75 Å². The average Bonchev–Trinajstić information content (AvgIpc) is 2.46. The third-order valence-electron chi connectivity index (χ3n) is 3.98. The van der Waals surface area contributed by atoms with Crippen LogP contribution in [0.4, 0.5) is 0 Å². The van der Waals surface area contributed by atoms with Crippen molar-refractivity contribution in [3.05, 3.63) is 39.9 Å². The maximum atomic E-state index is 12.1. The zero-order valence-electron chi connectivity index (χ0n) is 11.6. The summed E-state index contributed by atoms with van der Waals surface area (Å²) < 4.78 is 5.10. The highest BCUT2D eigenvalue weighted by Crippen LogP contribution is 2.34. The molecule has 1 saturated carbocycles. The van der Waals surface area contributed by atoms with E-state index in [1.807, 2.05) is 12.1 Å². The average molecular weight is 277 g/mol. The fourth-order valence-electron chi connectivity index (χ4n) is 2.91. The Morgan fingerprint density at radius 2 is 2.05 bits per heavy atom. The summed E-state index contributed by atoms with van der Waals surface area (Å²) in [5.41, 5.74) is 0.850. The lowest BCUT2D eigenvalue weighted by Crippen LogP contribution is -2.30. The first-order valence-corrected chi connectivity index (χ1v) is 6.90. The SMILES string of the molecule is COc1ccc(C(C[N+](=O)[O-])C2CCCCC2=O)cc1. The highest BCUT2D eigenvalue weighted by atomic mass is 16.6. The Labute approximate surface area is 118 Å². The number of rotatable bonds is 5. The molecule has 2 unspecified atom stereocenters. The van der Waals surface area contributed by atoms with E-state index in [1.54, 1.807) is 19.2 Å². The van der Waals surface area contributed by atoms with Crippen LogP contribution in [0.25, 0.3) is 0 Å². The third-order valence-corrected chi connectivity index (χ3v) is 3.98. The molecule has 1 aliphatic carbocycles. The largest absolute Gasteiger partial charge is 0.497 e. The summed E-state index contributed by atoms with van der Waals surface area (Å²) in [5, 5.41) is 10.9. The Morgan fingerprint density at radius 1 is 1.35 bits per heavy atom. The van der Waals surface area contributed by atoms with Crippen molar-refractivity contribution in [2.24, 2.45) is 5.92 Å². The van der Waals surface area contributed by atoms with Gasteiger partial charge < -0.3 is 4.74 Å². The molecule has 1 fully saturated rings. The number of Topliss-reactive ketones (excluding diaryl/α,β-unsaturated/α-hetero) is 1. The molecule has 2 rings (SSSR count). The van der Waals surface area contributed by atoms with Gasteiger partial charge in [0.1, 0.15) is 11.5 Å². The molecule has 0 saturated heterocycles. The van der Waals surface area contributed by atoms with Crippen LogP contribution >= 0.6 is 0 Å². The zero-order chi connectivity index (χ0) is 14.5. The Hall–Kier alpha value is -1.91. The lowest BCUT2D eigenvalue weighted by molar-refractivity contribution is -0.484. The topological polar surface area (TPSA) is 69.4 Å². The first-order chi connectivity index (χ1) is 9.61. The monoisotopic (exact) mass is 277 g/mol. The molecule has 0 heterocycles. The normalized spacial score (nSPS) is 20.4. The van der Waals surface area contributed by atoms with Gasteiger partial charge in [-0.2, -0.15) is 0 Å². The van der Waals surface area contributed by atoms with Gasteiger partial charge in [-0.1, -0.05) is 18.6 Å². The second-order valence-electron chi connectivity index (χ2n) is 5.21. The van der Waals surface area contributed by atoms with E-state index < -0.39 is 0 Å². The molecule has 0 aliphatic heterocycles. The van der Waals surface area contributed by atoms with Gasteiger partial charge in [-0.3, -0.25) is 14.9 Å². The summed E-state index contributed by atoms with van der Waals surface area (Å²) in [5.74, 6) is 0.328. The van der Waals surface area contributed by atoms with E-state index in [1.165, 1.54) is 0 Å². The molecule has 0 amide bonds. The second-order valence-corrected chi connectivity index (χ2v) is 5.21. The maximum Gasteiger partial charge on any atom is 0.211 e. The molecule has 5 nitrogen and oxygen atoms in total. The molecule has 5 heteroatoms. The summed E-state index contributed by atoms with van der Waals surface area (Å²) >= 11 is 0. The van der Waals surface area contributed by atoms with Gasteiger partial charge in [0.05, 0.1) is 13.0 Å². The number of hydrogen-bond acceptors (Lipinski definition) is 4. The second kappa shape index (κ2) is 6.50.